The van der Waals surface area contributed by atoms with Crippen LogP contribution in [0.2, 0.25) is 0 Å². The van der Waals surface area contributed by atoms with E-state index in [-0.39, 0.29) is 11.0 Å². The molecule has 1 aromatic rings. The minimum atomic E-state index is -0.00421. The summed E-state index contributed by atoms with van der Waals surface area (Å²) < 4.78 is 5.95. The molecule has 0 radical (unpaired) electrons. The number of carbonyl (C=O) groups is 1. The summed E-state index contributed by atoms with van der Waals surface area (Å²) >= 11 is 4.81. The van der Waals surface area contributed by atoms with E-state index in [4.69, 9.17) is 22.4 Å². The molecule has 3 rings (SSSR count). The van der Waals surface area contributed by atoms with Gasteiger partial charge < -0.3 is 15.1 Å². The number of nitrogens with two attached hydrogens (primary N) is 1. The zero-order valence-electron chi connectivity index (χ0n) is 14.2. The summed E-state index contributed by atoms with van der Waals surface area (Å²) in [5, 5.41) is 4.43. The minimum absolute atomic E-state index is 0.00421. The van der Waals surface area contributed by atoms with E-state index in [1.165, 1.54) is 0 Å². The Morgan fingerprint density at radius 2 is 2.08 bits per heavy atom. The highest BCUT2D eigenvalue weighted by molar-refractivity contribution is 7.80. The first-order chi connectivity index (χ1) is 11.5. The van der Waals surface area contributed by atoms with Crippen molar-refractivity contribution in [3.63, 3.8) is 0 Å². The fourth-order valence-corrected chi connectivity index (χ4v) is 3.51. The summed E-state index contributed by atoms with van der Waals surface area (Å²) in [7, 11) is 0. The predicted octanol–water partition coefficient (Wildman–Crippen LogP) is 2.33. The summed E-state index contributed by atoms with van der Waals surface area (Å²) in [6, 6.07) is 0. The summed E-state index contributed by atoms with van der Waals surface area (Å²) in [6.45, 7) is 5.77. The van der Waals surface area contributed by atoms with Gasteiger partial charge in [-0.2, -0.15) is 5.10 Å². The van der Waals surface area contributed by atoms with Gasteiger partial charge in [0.15, 0.2) is 10.9 Å². The van der Waals surface area contributed by atoms with E-state index in [9.17, 15) is 4.79 Å². The highest BCUT2D eigenvalue weighted by atomic mass is 32.1. The fourth-order valence-electron chi connectivity index (χ4n) is 3.46. The lowest BCUT2D eigenvalue weighted by atomic mass is 9.93. The predicted molar refractivity (Wildman–Crippen MR) is 97.1 cm³/mol. The summed E-state index contributed by atoms with van der Waals surface area (Å²) in [4.78, 5) is 14.8. The van der Waals surface area contributed by atoms with Gasteiger partial charge in [-0.1, -0.05) is 6.92 Å². The molecule has 1 aliphatic heterocycles. The Labute approximate surface area is 147 Å². The third-order valence-corrected chi connectivity index (χ3v) is 4.98. The van der Waals surface area contributed by atoms with Gasteiger partial charge in [0.25, 0.3) is 5.91 Å². The van der Waals surface area contributed by atoms with Gasteiger partial charge in [-0.3, -0.25) is 10.2 Å². The Kier molecular flexibility index (Phi) is 4.89. The first kappa shape index (κ1) is 17.0. The number of furan rings is 1. The molecule has 0 aromatic carbocycles. The Bertz CT molecular complexity index is 687. The number of hydrazone groups is 1. The van der Waals surface area contributed by atoms with Crippen molar-refractivity contribution in [2.45, 2.75) is 46.0 Å². The molecule has 2 heterocycles. The third-order valence-electron chi connectivity index (χ3n) is 4.89. The second kappa shape index (κ2) is 6.93. The van der Waals surface area contributed by atoms with Gasteiger partial charge in [-0.05, 0) is 50.7 Å². The lowest BCUT2D eigenvalue weighted by Crippen LogP contribution is -2.38. The number of nitrogens with one attached hydrogen (secondary N) is 1. The number of nitrogens with zero attached hydrogens (tertiary/aromatic N) is 2. The lowest BCUT2D eigenvalue weighted by Gasteiger charge is -2.29. The van der Waals surface area contributed by atoms with E-state index in [2.05, 4.69) is 17.5 Å². The van der Waals surface area contributed by atoms with Crippen molar-refractivity contribution >= 4 is 28.9 Å². The molecule has 6 nitrogen and oxygen atoms in total. The van der Waals surface area contributed by atoms with Gasteiger partial charge >= 0.3 is 0 Å². The number of carbonyl (C=O) groups excluding carboxylic acids is 1. The molecule has 1 fully saturated rings. The molecule has 130 valence electrons. The van der Waals surface area contributed by atoms with E-state index < -0.39 is 0 Å². The van der Waals surface area contributed by atoms with Crippen molar-refractivity contribution in [3.8, 4) is 0 Å². The Morgan fingerprint density at radius 3 is 2.75 bits per heavy atom. The molecule has 0 atom stereocenters. The molecule has 2 aliphatic rings. The third kappa shape index (κ3) is 3.31. The monoisotopic (exact) mass is 348 g/mol. The number of aryl methyl sites for hydroxylation is 1. The van der Waals surface area contributed by atoms with E-state index in [1.807, 2.05) is 11.8 Å². The molecule has 7 heteroatoms. The molecular formula is C17H24N4O2S. The number of fused-ring (bicyclic) bond motifs is 1. The van der Waals surface area contributed by atoms with E-state index >= 15 is 0 Å². The number of rotatable bonds is 2. The Morgan fingerprint density at radius 1 is 1.38 bits per heavy atom. The number of hydrogen-bond acceptors (Lipinski definition) is 4. The molecule has 1 saturated heterocycles. The first-order valence-electron chi connectivity index (χ1n) is 8.51. The number of amides is 1. The minimum Gasteiger partial charge on any atom is -0.455 e. The fraction of sp³-hybridized carbons (Fsp3) is 0.588. The molecule has 1 aromatic heterocycles. The normalized spacial score (nSPS) is 20.1. The van der Waals surface area contributed by atoms with Crippen LogP contribution in [0.1, 0.15) is 60.0 Å². The number of hydrogen-bond donors (Lipinski definition) is 2. The molecule has 24 heavy (non-hydrogen) atoms. The summed E-state index contributed by atoms with van der Waals surface area (Å²) in [5.41, 5.74) is 10.8. The number of thiocarbonyl (C=S) groups is 1. The van der Waals surface area contributed by atoms with Gasteiger partial charge in [0.05, 0.1) is 5.71 Å². The topological polar surface area (TPSA) is 83.9 Å². The molecule has 0 saturated carbocycles. The van der Waals surface area contributed by atoms with Gasteiger partial charge in [0, 0.05) is 30.6 Å². The maximum Gasteiger partial charge on any atom is 0.289 e. The van der Waals surface area contributed by atoms with Crippen LogP contribution < -0.4 is 11.2 Å². The highest BCUT2D eigenvalue weighted by Gasteiger charge is 2.31. The average molecular weight is 348 g/mol. The maximum atomic E-state index is 12.9. The molecule has 0 spiro atoms. The molecule has 1 aliphatic carbocycles. The van der Waals surface area contributed by atoms with Crippen LogP contribution in [0, 0.1) is 12.8 Å². The number of likely N-dealkylation sites (tertiary alicyclic amines) is 1. The first-order valence-corrected chi connectivity index (χ1v) is 8.92. The summed E-state index contributed by atoms with van der Waals surface area (Å²) in [5.74, 6) is 1.98. The van der Waals surface area contributed by atoms with Crippen molar-refractivity contribution in [2.75, 3.05) is 13.1 Å². The van der Waals surface area contributed by atoms with E-state index in [0.717, 1.165) is 67.8 Å². The van der Waals surface area contributed by atoms with Gasteiger partial charge in [0.2, 0.25) is 0 Å². The molecule has 0 unspecified atom stereocenters. The van der Waals surface area contributed by atoms with Crippen LogP contribution in [0.4, 0.5) is 0 Å². The van der Waals surface area contributed by atoms with Crippen molar-refractivity contribution in [3.05, 3.63) is 22.6 Å². The standard InChI is InChI=1S/C17H24N4O2S/c1-10-6-8-21(9-7-10)16(22)15-11(2)14-12(19-20-17(18)24)4-3-5-13(14)23-15/h10H,3-9H2,1-2H3,(H3,18,20,24)/b19-12+. The molecule has 1 amide bonds. The number of piperidine rings is 1. The van der Waals surface area contributed by atoms with Gasteiger partial charge in [0.1, 0.15) is 5.76 Å². The van der Waals surface area contributed by atoms with Gasteiger partial charge in [-0.15, -0.1) is 0 Å². The summed E-state index contributed by atoms with van der Waals surface area (Å²) in [6.07, 6.45) is 4.68. The van der Waals surface area contributed by atoms with Crippen LogP contribution in [0.3, 0.4) is 0 Å². The van der Waals surface area contributed by atoms with E-state index in [0.29, 0.717) is 11.7 Å². The maximum absolute atomic E-state index is 12.9. The van der Waals surface area contributed by atoms with Crippen molar-refractivity contribution < 1.29 is 9.21 Å². The molecule has 3 N–H and O–H groups in total. The average Bonchev–Trinajstić information content (AvgIpc) is 2.90. The van der Waals surface area contributed by atoms with Gasteiger partial charge in [-0.25, -0.2) is 0 Å². The zero-order chi connectivity index (χ0) is 17.3. The zero-order valence-corrected chi connectivity index (χ0v) is 15.0. The quantitative estimate of drug-likeness (QED) is 0.633. The van der Waals surface area contributed by atoms with Crippen LogP contribution in [0.5, 0.6) is 0 Å². The smallest absolute Gasteiger partial charge is 0.289 e. The van der Waals surface area contributed by atoms with Crippen LogP contribution >= 0.6 is 12.2 Å². The van der Waals surface area contributed by atoms with Crippen LogP contribution in [0.25, 0.3) is 0 Å². The van der Waals surface area contributed by atoms with Crippen LogP contribution in [-0.4, -0.2) is 34.7 Å². The second-order valence-corrected chi connectivity index (χ2v) is 7.16. The second-order valence-electron chi connectivity index (χ2n) is 6.72. The molecule has 0 bridgehead atoms. The SMILES string of the molecule is Cc1c(C(=O)N2CCC(C)CC2)oc2c1/C(=N/NC(N)=S)CCC2. The Hall–Kier alpha value is -1.89. The molecular weight excluding hydrogens is 324 g/mol. The van der Waals surface area contributed by atoms with Crippen LogP contribution in [-0.2, 0) is 6.42 Å². The van der Waals surface area contributed by atoms with E-state index in [1.54, 1.807) is 0 Å². The largest absolute Gasteiger partial charge is 0.455 e. The van der Waals surface area contributed by atoms with Crippen molar-refractivity contribution in [2.24, 2.45) is 16.8 Å². The highest BCUT2D eigenvalue weighted by Crippen LogP contribution is 2.31. The van der Waals surface area contributed by atoms with Crippen LogP contribution in [0.15, 0.2) is 9.52 Å². The van der Waals surface area contributed by atoms with Crippen molar-refractivity contribution in [1.29, 1.82) is 0 Å². The Balaban J connectivity index is 1.88. The van der Waals surface area contributed by atoms with Crippen molar-refractivity contribution in [1.82, 2.24) is 10.3 Å². The lowest BCUT2D eigenvalue weighted by molar-refractivity contribution is 0.0662.